The van der Waals surface area contributed by atoms with E-state index in [4.69, 9.17) is 0 Å². The number of fused-ring (bicyclic) bond motifs is 12. The van der Waals surface area contributed by atoms with Gasteiger partial charge in [-0.05, 0) is 112 Å². The van der Waals surface area contributed by atoms with Gasteiger partial charge in [-0.15, -0.1) is 0 Å². The molecule has 1 aliphatic carbocycles. The summed E-state index contributed by atoms with van der Waals surface area (Å²) in [5.41, 5.74) is 8.10. The van der Waals surface area contributed by atoms with E-state index in [0.717, 1.165) is 0 Å². The minimum atomic E-state index is -0.0118. The van der Waals surface area contributed by atoms with Gasteiger partial charge in [-0.3, -0.25) is 0 Å². The van der Waals surface area contributed by atoms with Crippen molar-refractivity contribution in [2.45, 2.75) is 19.3 Å². The lowest BCUT2D eigenvalue weighted by Gasteiger charge is -2.22. The van der Waals surface area contributed by atoms with Crippen LogP contribution in [-0.4, -0.2) is 0 Å². The molecule has 0 saturated carbocycles. The SMILES string of the molecule is CC1(C)c2ccccc2-c2cc3ccc4ccc(-c5ccc6c7ccccc7c7ccccc7c6c5)cc4c3cc21. The highest BCUT2D eigenvalue weighted by Gasteiger charge is 2.35. The second kappa shape index (κ2) is 8.05. The standard InChI is InChI=1S/C41H28/c1-41(2)39-14-8-7-13-34(39)38-23-28-18-16-25-15-17-26(21-35(25)36(28)24-40(38)41)27-19-20-33-31-11-4-3-9-29(31)30-10-5-6-12-32(30)37(33)22-27/h3-24H,1-2H3. The monoisotopic (exact) mass is 520 g/mol. The van der Waals surface area contributed by atoms with Gasteiger partial charge in [0.25, 0.3) is 0 Å². The summed E-state index contributed by atoms with van der Waals surface area (Å²) in [6.07, 6.45) is 0. The highest BCUT2D eigenvalue weighted by Crippen LogP contribution is 2.50. The molecule has 0 spiro atoms. The quantitative estimate of drug-likeness (QED) is 0.189. The number of hydrogen-bond donors (Lipinski definition) is 0. The van der Waals surface area contributed by atoms with Gasteiger partial charge >= 0.3 is 0 Å². The van der Waals surface area contributed by atoms with Crippen molar-refractivity contribution in [3.8, 4) is 22.3 Å². The van der Waals surface area contributed by atoms with Crippen molar-refractivity contribution in [2.24, 2.45) is 0 Å². The minimum Gasteiger partial charge on any atom is -0.0619 e. The smallest absolute Gasteiger partial charge is 0.0159 e. The lowest BCUT2D eigenvalue weighted by molar-refractivity contribution is 0.661. The van der Waals surface area contributed by atoms with E-state index in [9.17, 15) is 0 Å². The van der Waals surface area contributed by atoms with Crippen molar-refractivity contribution in [1.29, 1.82) is 0 Å². The molecule has 41 heavy (non-hydrogen) atoms. The largest absolute Gasteiger partial charge is 0.0619 e. The van der Waals surface area contributed by atoms with E-state index < -0.39 is 0 Å². The molecule has 0 N–H and O–H groups in total. The van der Waals surface area contributed by atoms with Crippen molar-refractivity contribution in [1.82, 2.24) is 0 Å². The highest BCUT2D eigenvalue weighted by atomic mass is 14.4. The fourth-order valence-corrected chi connectivity index (χ4v) is 7.52. The number of hydrogen-bond acceptors (Lipinski definition) is 0. The van der Waals surface area contributed by atoms with Crippen LogP contribution >= 0.6 is 0 Å². The number of rotatable bonds is 1. The van der Waals surface area contributed by atoms with Gasteiger partial charge in [0.15, 0.2) is 0 Å². The number of benzene rings is 8. The molecule has 0 bridgehead atoms. The zero-order valence-electron chi connectivity index (χ0n) is 23.2. The van der Waals surface area contributed by atoms with Crippen LogP contribution in [0.3, 0.4) is 0 Å². The molecule has 0 atom stereocenters. The van der Waals surface area contributed by atoms with Crippen LogP contribution in [0.15, 0.2) is 133 Å². The van der Waals surface area contributed by atoms with E-state index in [1.54, 1.807) is 0 Å². The van der Waals surface area contributed by atoms with Crippen molar-refractivity contribution >= 4 is 53.9 Å². The van der Waals surface area contributed by atoms with Crippen molar-refractivity contribution < 1.29 is 0 Å². The lowest BCUT2D eigenvalue weighted by atomic mass is 9.81. The Hall–Kier alpha value is -4.94. The molecule has 1 aliphatic rings. The molecule has 0 unspecified atom stereocenters. The molecule has 0 radical (unpaired) electrons. The van der Waals surface area contributed by atoms with E-state index in [-0.39, 0.29) is 5.41 Å². The van der Waals surface area contributed by atoms with Gasteiger partial charge in [-0.25, -0.2) is 0 Å². The Kier molecular flexibility index (Phi) is 4.49. The first-order valence-corrected chi connectivity index (χ1v) is 14.5. The first-order chi connectivity index (χ1) is 20.1. The molecule has 192 valence electrons. The molecule has 9 rings (SSSR count). The Bertz CT molecular complexity index is 2350. The molecule has 0 aliphatic heterocycles. The molecular weight excluding hydrogens is 492 g/mol. The van der Waals surface area contributed by atoms with Gasteiger partial charge in [0.2, 0.25) is 0 Å². The van der Waals surface area contributed by atoms with Crippen molar-refractivity contribution in [3.63, 3.8) is 0 Å². The van der Waals surface area contributed by atoms with E-state index in [1.807, 2.05) is 0 Å². The first kappa shape index (κ1) is 22.8. The van der Waals surface area contributed by atoms with Gasteiger partial charge in [-0.1, -0.05) is 123 Å². The van der Waals surface area contributed by atoms with Gasteiger partial charge in [0.1, 0.15) is 0 Å². The Morgan fingerprint density at radius 3 is 1.59 bits per heavy atom. The van der Waals surface area contributed by atoms with Crippen molar-refractivity contribution in [3.05, 3.63) is 145 Å². The zero-order valence-corrected chi connectivity index (χ0v) is 23.2. The average molecular weight is 521 g/mol. The molecular formula is C41H28. The van der Waals surface area contributed by atoms with Crippen LogP contribution in [0.5, 0.6) is 0 Å². The molecule has 0 heterocycles. The zero-order chi connectivity index (χ0) is 27.3. The molecule has 0 aromatic heterocycles. The summed E-state index contributed by atoms with van der Waals surface area (Å²) >= 11 is 0. The third-order valence-electron chi connectivity index (χ3n) is 9.62. The third kappa shape index (κ3) is 3.11. The first-order valence-electron chi connectivity index (χ1n) is 14.5. The summed E-state index contributed by atoms with van der Waals surface area (Å²) in [6, 6.07) is 50.0. The molecule has 0 amide bonds. The van der Waals surface area contributed by atoms with Crippen LogP contribution in [0.2, 0.25) is 0 Å². The van der Waals surface area contributed by atoms with Crippen LogP contribution in [0.1, 0.15) is 25.0 Å². The summed E-state index contributed by atoms with van der Waals surface area (Å²) in [7, 11) is 0. The van der Waals surface area contributed by atoms with Gasteiger partial charge in [0.05, 0.1) is 0 Å². The normalized spacial score (nSPS) is 13.8. The maximum absolute atomic E-state index is 2.47. The maximum Gasteiger partial charge on any atom is 0.0159 e. The Morgan fingerprint density at radius 2 is 0.854 bits per heavy atom. The average Bonchev–Trinajstić information content (AvgIpc) is 3.25. The Balaban J connectivity index is 1.29. The van der Waals surface area contributed by atoms with Crippen LogP contribution in [0.4, 0.5) is 0 Å². The predicted octanol–water partition coefficient (Wildman–Crippen LogP) is 11.4. The van der Waals surface area contributed by atoms with Gasteiger partial charge < -0.3 is 0 Å². The summed E-state index contributed by atoms with van der Waals surface area (Å²) in [4.78, 5) is 0. The summed E-state index contributed by atoms with van der Waals surface area (Å²) < 4.78 is 0. The third-order valence-corrected chi connectivity index (χ3v) is 9.62. The van der Waals surface area contributed by atoms with E-state index in [1.165, 1.54) is 87.2 Å². The molecule has 0 saturated heterocycles. The highest BCUT2D eigenvalue weighted by molar-refractivity contribution is 6.25. The summed E-state index contributed by atoms with van der Waals surface area (Å²) in [5, 5.41) is 13.1. The van der Waals surface area contributed by atoms with E-state index in [2.05, 4.69) is 147 Å². The van der Waals surface area contributed by atoms with Gasteiger partial charge in [0, 0.05) is 5.41 Å². The van der Waals surface area contributed by atoms with E-state index in [0.29, 0.717) is 0 Å². The second-order valence-corrected chi connectivity index (χ2v) is 12.1. The fraction of sp³-hybridized carbons (Fsp3) is 0.0732. The van der Waals surface area contributed by atoms with Crippen molar-refractivity contribution in [2.75, 3.05) is 0 Å². The molecule has 8 aromatic carbocycles. The fourth-order valence-electron chi connectivity index (χ4n) is 7.52. The molecule has 8 aromatic rings. The molecule has 0 nitrogen and oxygen atoms in total. The molecule has 0 fully saturated rings. The maximum atomic E-state index is 2.47. The topological polar surface area (TPSA) is 0 Å². The predicted molar refractivity (Wildman–Crippen MR) is 177 cm³/mol. The second-order valence-electron chi connectivity index (χ2n) is 12.1. The summed E-state index contributed by atoms with van der Waals surface area (Å²) in [5.74, 6) is 0. The minimum absolute atomic E-state index is 0.0118. The van der Waals surface area contributed by atoms with Crippen LogP contribution in [0.25, 0.3) is 76.1 Å². The summed E-state index contributed by atoms with van der Waals surface area (Å²) in [6.45, 7) is 4.73. The van der Waals surface area contributed by atoms with Crippen LogP contribution in [-0.2, 0) is 5.41 Å². The van der Waals surface area contributed by atoms with E-state index >= 15 is 0 Å². The lowest BCUT2D eigenvalue weighted by Crippen LogP contribution is -2.14. The molecule has 0 heteroatoms. The van der Waals surface area contributed by atoms with Crippen LogP contribution in [0, 0.1) is 0 Å². The van der Waals surface area contributed by atoms with Crippen LogP contribution < -0.4 is 0 Å². The van der Waals surface area contributed by atoms with Gasteiger partial charge in [-0.2, -0.15) is 0 Å². The Morgan fingerprint density at radius 1 is 0.341 bits per heavy atom. The Labute approximate surface area is 239 Å².